The average molecular weight is 414 g/mol. The predicted octanol–water partition coefficient (Wildman–Crippen LogP) is 2.55. The lowest BCUT2D eigenvalue weighted by Gasteiger charge is -2.26. The zero-order valence-corrected chi connectivity index (χ0v) is 17.9. The Bertz CT molecular complexity index is 1010. The molecule has 1 saturated heterocycles. The van der Waals surface area contributed by atoms with Gasteiger partial charge in [-0.2, -0.15) is 5.10 Å². The molecular formula is C22H27FN4O3. The molecule has 0 unspecified atom stereocenters. The summed E-state index contributed by atoms with van der Waals surface area (Å²) in [6.07, 6.45) is 0.655. The van der Waals surface area contributed by atoms with E-state index >= 15 is 0 Å². The Morgan fingerprint density at radius 3 is 2.37 bits per heavy atom. The Kier molecular flexibility index (Phi) is 6.07. The fraction of sp³-hybridized carbons (Fsp3) is 0.409. The van der Waals surface area contributed by atoms with Crippen LogP contribution in [0, 0.1) is 19.7 Å². The highest BCUT2D eigenvalue weighted by Crippen LogP contribution is 2.40. The molecule has 1 N–H and O–H groups in total. The van der Waals surface area contributed by atoms with Gasteiger partial charge in [0.25, 0.3) is 11.7 Å². The van der Waals surface area contributed by atoms with E-state index in [1.807, 2.05) is 19.0 Å². The smallest absolute Gasteiger partial charge is 0.295 e. The van der Waals surface area contributed by atoms with Gasteiger partial charge in [0.15, 0.2) is 0 Å². The topological polar surface area (TPSA) is 78.7 Å². The molecule has 2 heterocycles. The van der Waals surface area contributed by atoms with Crippen LogP contribution in [0.15, 0.2) is 29.8 Å². The lowest BCUT2D eigenvalue weighted by Crippen LogP contribution is -2.32. The summed E-state index contributed by atoms with van der Waals surface area (Å²) in [6.45, 7) is 4.60. The van der Waals surface area contributed by atoms with E-state index < -0.39 is 23.5 Å². The third-order valence-corrected chi connectivity index (χ3v) is 5.48. The van der Waals surface area contributed by atoms with Crippen molar-refractivity contribution >= 4 is 17.4 Å². The Morgan fingerprint density at radius 2 is 1.83 bits per heavy atom. The van der Waals surface area contributed by atoms with E-state index in [-0.39, 0.29) is 11.3 Å². The van der Waals surface area contributed by atoms with Crippen molar-refractivity contribution < 1.29 is 19.1 Å². The van der Waals surface area contributed by atoms with Crippen molar-refractivity contribution in [2.24, 2.45) is 7.05 Å². The van der Waals surface area contributed by atoms with Gasteiger partial charge in [0, 0.05) is 19.3 Å². The molecule has 8 heteroatoms. The third kappa shape index (κ3) is 3.87. The Hall–Kier alpha value is -3.00. The van der Waals surface area contributed by atoms with Gasteiger partial charge in [-0.25, -0.2) is 4.39 Å². The van der Waals surface area contributed by atoms with Crippen molar-refractivity contribution in [3.05, 3.63) is 58.2 Å². The summed E-state index contributed by atoms with van der Waals surface area (Å²) in [5, 5.41) is 15.4. The number of halogens is 1. The third-order valence-electron chi connectivity index (χ3n) is 5.48. The highest BCUT2D eigenvalue weighted by Gasteiger charge is 2.46. The molecule has 0 aliphatic carbocycles. The van der Waals surface area contributed by atoms with Gasteiger partial charge in [-0.1, -0.05) is 12.1 Å². The first-order chi connectivity index (χ1) is 14.1. The summed E-state index contributed by atoms with van der Waals surface area (Å²) in [7, 11) is 5.61. The molecule has 0 bridgehead atoms. The van der Waals surface area contributed by atoms with Crippen molar-refractivity contribution in [1.29, 1.82) is 0 Å². The van der Waals surface area contributed by atoms with Crippen molar-refractivity contribution in [3.63, 3.8) is 0 Å². The molecule has 30 heavy (non-hydrogen) atoms. The number of carbonyl (C=O) groups excluding carboxylic acids is 2. The average Bonchev–Trinajstić information content (AvgIpc) is 3.08. The molecule has 1 amide bonds. The maximum atomic E-state index is 13.5. The number of nitrogens with zero attached hydrogens (tertiary/aromatic N) is 4. The van der Waals surface area contributed by atoms with E-state index in [9.17, 15) is 19.1 Å². The summed E-state index contributed by atoms with van der Waals surface area (Å²) >= 11 is 0. The molecular weight excluding hydrogens is 387 g/mol. The largest absolute Gasteiger partial charge is 0.507 e. The number of aromatic nitrogens is 2. The number of ketones is 1. The van der Waals surface area contributed by atoms with Crippen molar-refractivity contribution in [2.45, 2.75) is 26.3 Å². The number of carbonyl (C=O) groups is 2. The van der Waals surface area contributed by atoms with Crippen LogP contribution in [0.25, 0.3) is 5.76 Å². The standard InChI is InChI=1S/C22H27FN4O3/c1-13-17(14(2)26(5)24-13)20(28)18-19(15-7-9-16(23)10-8-15)27(22(30)21(18)29)12-6-11-25(3)4/h7-10,19,28H,6,11-12H2,1-5H3/b20-18+/t19-/m0/s1. The molecule has 1 aliphatic heterocycles. The molecule has 1 aliphatic rings. The Morgan fingerprint density at radius 1 is 1.20 bits per heavy atom. The molecule has 0 spiro atoms. The number of amides is 1. The summed E-state index contributed by atoms with van der Waals surface area (Å²) in [5.74, 6) is -2.07. The summed E-state index contributed by atoms with van der Waals surface area (Å²) in [6, 6.07) is 4.88. The number of hydrogen-bond donors (Lipinski definition) is 1. The molecule has 1 aromatic heterocycles. The fourth-order valence-corrected chi connectivity index (χ4v) is 3.91. The maximum absolute atomic E-state index is 13.5. The van der Waals surface area contributed by atoms with E-state index in [0.29, 0.717) is 35.5 Å². The number of aliphatic hydroxyl groups excluding tert-OH is 1. The van der Waals surface area contributed by atoms with Gasteiger partial charge in [-0.15, -0.1) is 0 Å². The molecule has 0 radical (unpaired) electrons. The molecule has 160 valence electrons. The van der Waals surface area contributed by atoms with E-state index in [1.165, 1.54) is 17.0 Å². The van der Waals surface area contributed by atoms with Crippen LogP contribution < -0.4 is 0 Å². The number of likely N-dealkylation sites (tertiary alicyclic amines) is 1. The molecule has 1 atom stereocenters. The first-order valence-corrected chi connectivity index (χ1v) is 9.82. The van der Waals surface area contributed by atoms with E-state index in [0.717, 1.165) is 6.54 Å². The van der Waals surface area contributed by atoms with Gasteiger partial charge in [0.1, 0.15) is 11.6 Å². The minimum Gasteiger partial charge on any atom is -0.507 e. The molecule has 2 aromatic rings. The normalized spacial score (nSPS) is 18.6. The van der Waals surface area contributed by atoms with Gasteiger partial charge < -0.3 is 14.9 Å². The Labute approximate surface area is 175 Å². The van der Waals surface area contributed by atoms with Crippen LogP contribution in [0.3, 0.4) is 0 Å². The van der Waals surface area contributed by atoms with Gasteiger partial charge in [0.2, 0.25) is 0 Å². The van der Waals surface area contributed by atoms with E-state index in [2.05, 4.69) is 5.10 Å². The second-order valence-corrected chi connectivity index (χ2v) is 7.87. The summed E-state index contributed by atoms with van der Waals surface area (Å²) in [5.41, 5.74) is 2.26. The second-order valence-electron chi connectivity index (χ2n) is 7.87. The fourth-order valence-electron chi connectivity index (χ4n) is 3.91. The van der Waals surface area contributed by atoms with Gasteiger partial charge in [0.05, 0.1) is 22.9 Å². The molecule has 3 rings (SSSR count). The van der Waals surface area contributed by atoms with Gasteiger partial charge in [-0.05, 0) is 58.6 Å². The highest BCUT2D eigenvalue weighted by atomic mass is 19.1. The van der Waals surface area contributed by atoms with Crippen LogP contribution in [0.2, 0.25) is 0 Å². The van der Waals surface area contributed by atoms with Crippen molar-refractivity contribution in [2.75, 3.05) is 27.2 Å². The lowest BCUT2D eigenvalue weighted by atomic mass is 9.94. The summed E-state index contributed by atoms with van der Waals surface area (Å²) in [4.78, 5) is 29.3. The Balaban J connectivity index is 2.14. The predicted molar refractivity (Wildman–Crippen MR) is 111 cm³/mol. The SMILES string of the molecule is Cc1nn(C)c(C)c1/C(O)=C1\C(=O)C(=O)N(CCCN(C)C)[C@H]1c1ccc(F)cc1. The minimum absolute atomic E-state index is 0.00987. The molecule has 7 nitrogen and oxygen atoms in total. The first-order valence-electron chi connectivity index (χ1n) is 9.82. The van der Waals surface area contributed by atoms with Crippen molar-refractivity contribution in [3.8, 4) is 0 Å². The quantitative estimate of drug-likeness (QED) is 0.447. The van der Waals surface area contributed by atoms with E-state index in [1.54, 1.807) is 37.7 Å². The number of aliphatic hydroxyl groups is 1. The monoisotopic (exact) mass is 414 g/mol. The highest BCUT2D eigenvalue weighted by molar-refractivity contribution is 6.46. The van der Waals surface area contributed by atoms with Crippen molar-refractivity contribution in [1.82, 2.24) is 19.6 Å². The molecule has 1 aromatic carbocycles. The molecule has 0 saturated carbocycles. The van der Waals surface area contributed by atoms with Gasteiger partial charge >= 0.3 is 0 Å². The van der Waals surface area contributed by atoms with Crippen LogP contribution in [0.5, 0.6) is 0 Å². The summed E-state index contributed by atoms with van der Waals surface area (Å²) < 4.78 is 15.1. The zero-order chi connectivity index (χ0) is 22.2. The van der Waals surface area contributed by atoms with Crippen LogP contribution in [0.1, 0.15) is 35.0 Å². The maximum Gasteiger partial charge on any atom is 0.295 e. The van der Waals surface area contributed by atoms with E-state index in [4.69, 9.17) is 0 Å². The zero-order valence-electron chi connectivity index (χ0n) is 17.9. The second kappa shape index (κ2) is 8.39. The molecule has 1 fully saturated rings. The number of hydrogen-bond acceptors (Lipinski definition) is 5. The van der Waals surface area contributed by atoms with Gasteiger partial charge in [-0.3, -0.25) is 14.3 Å². The number of benzene rings is 1. The van der Waals surface area contributed by atoms with Crippen LogP contribution in [-0.2, 0) is 16.6 Å². The van der Waals surface area contributed by atoms with Crippen LogP contribution in [0.4, 0.5) is 4.39 Å². The number of rotatable bonds is 6. The minimum atomic E-state index is -0.785. The van der Waals surface area contributed by atoms with Crippen LogP contribution in [-0.4, -0.2) is 63.6 Å². The number of aryl methyl sites for hydroxylation is 2. The first kappa shape index (κ1) is 21.7. The number of Topliss-reactive ketones (excluding diaryl/α,β-unsaturated/α-hetero) is 1. The lowest BCUT2D eigenvalue weighted by molar-refractivity contribution is -0.139. The van der Waals surface area contributed by atoms with Crippen LogP contribution >= 0.6 is 0 Å².